The number of nitrogens with zero attached hydrogens (tertiary/aromatic N) is 2. The van der Waals surface area contributed by atoms with Gasteiger partial charge in [0.15, 0.2) is 0 Å². The number of amides is 1. The van der Waals surface area contributed by atoms with Gasteiger partial charge in [-0.25, -0.2) is 0 Å². The number of methoxy groups -OCH3 is 1. The second kappa shape index (κ2) is 7.79. The number of rotatable bonds is 6. The maximum absolute atomic E-state index is 12.9. The van der Waals surface area contributed by atoms with E-state index in [9.17, 15) is 14.9 Å². The SMILES string of the molecule is CCN(C(=O)c1ccc([N+](=O)[O-])c(C)c1)C(C)c1cccc(OC)c1. The number of hydrogen-bond acceptors (Lipinski definition) is 4. The zero-order valence-electron chi connectivity index (χ0n) is 14.9. The second-order valence-corrected chi connectivity index (χ2v) is 5.80. The zero-order valence-corrected chi connectivity index (χ0v) is 14.9. The summed E-state index contributed by atoms with van der Waals surface area (Å²) in [4.78, 5) is 25.1. The summed E-state index contributed by atoms with van der Waals surface area (Å²) in [7, 11) is 1.60. The average molecular weight is 342 g/mol. The summed E-state index contributed by atoms with van der Waals surface area (Å²) >= 11 is 0. The van der Waals surface area contributed by atoms with Gasteiger partial charge in [0.25, 0.3) is 11.6 Å². The Bertz CT molecular complexity index is 789. The van der Waals surface area contributed by atoms with Crippen LogP contribution in [0, 0.1) is 17.0 Å². The van der Waals surface area contributed by atoms with Crippen LogP contribution in [0.5, 0.6) is 5.75 Å². The van der Waals surface area contributed by atoms with Crippen molar-refractivity contribution >= 4 is 11.6 Å². The van der Waals surface area contributed by atoms with Crippen LogP contribution in [0.25, 0.3) is 0 Å². The first-order chi connectivity index (χ1) is 11.9. The molecule has 0 fully saturated rings. The Kier molecular flexibility index (Phi) is 5.75. The predicted octanol–water partition coefficient (Wildman–Crippen LogP) is 4.14. The molecule has 0 saturated carbocycles. The highest BCUT2D eigenvalue weighted by Crippen LogP contribution is 2.26. The summed E-state index contributed by atoms with van der Waals surface area (Å²) in [5, 5.41) is 10.9. The van der Waals surface area contributed by atoms with E-state index in [-0.39, 0.29) is 17.6 Å². The third-order valence-corrected chi connectivity index (χ3v) is 4.29. The third-order valence-electron chi connectivity index (χ3n) is 4.29. The molecule has 2 aromatic carbocycles. The average Bonchev–Trinajstić information content (AvgIpc) is 2.61. The Labute approximate surface area is 147 Å². The normalized spacial score (nSPS) is 11.7. The maximum atomic E-state index is 12.9. The van der Waals surface area contributed by atoms with Gasteiger partial charge in [-0.1, -0.05) is 12.1 Å². The van der Waals surface area contributed by atoms with Gasteiger partial charge in [-0.15, -0.1) is 0 Å². The van der Waals surface area contributed by atoms with Crippen molar-refractivity contribution in [1.29, 1.82) is 0 Å². The molecule has 6 nitrogen and oxygen atoms in total. The second-order valence-electron chi connectivity index (χ2n) is 5.80. The van der Waals surface area contributed by atoms with Gasteiger partial charge in [0.2, 0.25) is 0 Å². The van der Waals surface area contributed by atoms with Gasteiger partial charge in [-0.05, 0) is 50.6 Å². The van der Waals surface area contributed by atoms with Crippen molar-refractivity contribution < 1.29 is 14.5 Å². The van der Waals surface area contributed by atoms with Crippen molar-refractivity contribution in [3.63, 3.8) is 0 Å². The molecule has 2 rings (SSSR count). The molecule has 0 aliphatic rings. The molecule has 6 heteroatoms. The number of nitro groups is 1. The van der Waals surface area contributed by atoms with Gasteiger partial charge >= 0.3 is 0 Å². The summed E-state index contributed by atoms with van der Waals surface area (Å²) in [5.41, 5.74) is 1.90. The van der Waals surface area contributed by atoms with Crippen molar-refractivity contribution in [2.45, 2.75) is 26.8 Å². The highest BCUT2D eigenvalue weighted by atomic mass is 16.6. The van der Waals surface area contributed by atoms with Crippen LogP contribution in [-0.4, -0.2) is 29.4 Å². The fourth-order valence-corrected chi connectivity index (χ4v) is 2.83. The Morgan fingerprint density at radius 2 is 2.00 bits per heavy atom. The number of hydrogen-bond donors (Lipinski definition) is 0. The Hall–Kier alpha value is -2.89. The molecule has 0 saturated heterocycles. The third kappa shape index (κ3) is 3.96. The van der Waals surface area contributed by atoms with Crippen LogP contribution >= 0.6 is 0 Å². The molecule has 0 heterocycles. The molecule has 132 valence electrons. The van der Waals surface area contributed by atoms with Gasteiger partial charge in [-0.2, -0.15) is 0 Å². The highest BCUT2D eigenvalue weighted by molar-refractivity contribution is 5.95. The molecule has 0 bridgehead atoms. The van der Waals surface area contributed by atoms with E-state index in [2.05, 4.69) is 0 Å². The number of carbonyl (C=O) groups is 1. The van der Waals surface area contributed by atoms with Crippen molar-refractivity contribution in [3.8, 4) is 5.75 Å². The van der Waals surface area contributed by atoms with E-state index < -0.39 is 4.92 Å². The lowest BCUT2D eigenvalue weighted by Crippen LogP contribution is -2.33. The summed E-state index contributed by atoms with van der Waals surface area (Å²) in [6, 6.07) is 11.9. The molecule has 2 aromatic rings. The van der Waals surface area contributed by atoms with Crippen LogP contribution in [0.2, 0.25) is 0 Å². The van der Waals surface area contributed by atoms with E-state index in [0.717, 1.165) is 11.3 Å². The van der Waals surface area contributed by atoms with Gasteiger partial charge in [0.1, 0.15) is 5.75 Å². The van der Waals surface area contributed by atoms with Gasteiger partial charge in [0.05, 0.1) is 18.1 Å². The monoisotopic (exact) mass is 342 g/mol. The van der Waals surface area contributed by atoms with E-state index in [0.29, 0.717) is 17.7 Å². The number of benzene rings is 2. The first kappa shape index (κ1) is 18.4. The molecule has 0 aromatic heterocycles. The number of aryl methyl sites for hydroxylation is 1. The molecule has 0 aliphatic carbocycles. The minimum atomic E-state index is -0.444. The lowest BCUT2D eigenvalue weighted by molar-refractivity contribution is -0.385. The fourth-order valence-electron chi connectivity index (χ4n) is 2.83. The molecule has 0 N–H and O–H groups in total. The van der Waals surface area contributed by atoms with E-state index in [4.69, 9.17) is 4.74 Å². The Morgan fingerprint density at radius 1 is 1.28 bits per heavy atom. The topological polar surface area (TPSA) is 72.7 Å². The van der Waals surface area contributed by atoms with Gasteiger partial charge < -0.3 is 9.64 Å². The molecule has 1 atom stereocenters. The van der Waals surface area contributed by atoms with E-state index >= 15 is 0 Å². The Morgan fingerprint density at radius 3 is 2.56 bits per heavy atom. The Balaban J connectivity index is 2.31. The molecular weight excluding hydrogens is 320 g/mol. The molecule has 1 unspecified atom stereocenters. The largest absolute Gasteiger partial charge is 0.497 e. The molecule has 0 radical (unpaired) electrons. The first-order valence-electron chi connectivity index (χ1n) is 8.09. The quantitative estimate of drug-likeness (QED) is 0.584. The van der Waals surface area contributed by atoms with Crippen LogP contribution < -0.4 is 4.74 Å². The summed E-state index contributed by atoms with van der Waals surface area (Å²) in [6.45, 7) is 6.02. The molecular formula is C19H22N2O4. The molecule has 25 heavy (non-hydrogen) atoms. The van der Waals surface area contributed by atoms with Gasteiger partial charge in [-0.3, -0.25) is 14.9 Å². The minimum Gasteiger partial charge on any atom is -0.497 e. The zero-order chi connectivity index (χ0) is 18.6. The standard InChI is InChI=1S/C19H22N2O4/c1-5-20(14(3)15-7-6-8-17(12-15)25-4)19(22)16-9-10-18(21(23)24)13(2)11-16/h6-12,14H,5H2,1-4H3. The molecule has 1 amide bonds. The molecule has 0 spiro atoms. The van der Waals surface area contributed by atoms with Crippen molar-refractivity contribution in [3.05, 3.63) is 69.3 Å². The minimum absolute atomic E-state index is 0.0143. The maximum Gasteiger partial charge on any atom is 0.272 e. The summed E-state index contributed by atoms with van der Waals surface area (Å²) in [5.74, 6) is 0.579. The van der Waals surface area contributed by atoms with Crippen molar-refractivity contribution in [2.75, 3.05) is 13.7 Å². The predicted molar refractivity (Wildman–Crippen MR) is 96.0 cm³/mol. The van der Waals surface area contributed by atoms with Crippen LogP contribution in [-0.2, 0) is 0 Å². The molecule has 0 aliphatic heterocycles. The van der Waals surface area contributed by atoms with E-state index in [1.165, 1.54) is 12.1 Å². The van der Waals surface area contributed by atoms with Crippen LogP contribution in [0.4, 0.5) is 5.69 Å². The number of ether oxygens (including phenoxy) is 1. The van der Waals surface area contributed by atoms with Crippen molar-refractivity contribution in [1.82, 2.24) is 4.90 Å². The smallest absolute Gasteiger partial charge is 0.272 e. The number of carbonyl (C=O) groups excluding carboxylic acids is 1. The highest BCUT2D eigenvalue weighted by Gasteiger charge is 2.23. The summed E-state index contributed by atoms with van der Waals surface area (Å²) < 4.78 is 5.25. The van der Waals surface area contributed by atoms with Crippen LogP contribution in [0.1, 0.15) is 41.4 Å². The van der Waals surface area contributed by atoms with E-state index in [1.54, 1.807) is 25.0 Å². The van der Waals surface area contributed by atoms with Crippen molar-refractivity contribution in [2.24, 2.45) is 0 Å². The fraction of sp³-hybridized carbons (Fsp3) is 0.316. The van der Waals surface area contributed by atoms with Gasteiger partial charge in [0, 0.05) is 23.7 Å². The van der Waals surface area contributed by atoms with Crippen LogP contribution in [0.15, 0.2) is 42.5 Å². The lowest BCUT2D eigenvalue weighted by Gasteiger charge is -2.29. The first-order valence-corrected chi connectivity index (χ1v) is 8.09. The summed E-state index contributed by atoms with van der Waals surface area (Å²) in [6.07, 6.45) is 0. The lowest BCUT2D eigenvalue weighted by atomic mass is 10.0. The number of nitro benzene ring substituents is 1. The van der Waals surface area contributed by atoms with E-state index in [1.807, 2.05) is 38.1 Å². The van der Waals surface area contributed by atoms with Crippen LogP contribution in [0.3, 0.4) is 0 Å².